The normalized spacial score (nSPS) is 22.5. The van der Waals surface area contributed by atoms with Crippen molar-refractivity contribution in [3.8, 4) is 0 Å². The molecule has 1 heterocycles. The zero-order valence-corrected chi connectivity index (χ0v) is 11.8. The van der Waals surface area contributed by atoms with E-state index < -0.39 is 0 Å². The van der Waals surface area contributed by atoms with E-state index in [1.54, 1.807) is 0 Å². The molecular weight excluding hydrogens is 212 g/mol. The van der Waals surface area contributed by atoms with Crippen LogP contribution >= 0.6 is 0 Å². The monoisotopic (exact) mass is 240 g/mol. The number of hydrogen-bond acceptors (Lipinski definition) is 2. The lowest BCUT2D eigenvalue weighted by Gasteiger charge is -2.30. The third-order valence-electron chi connectivity index (χ3n) is 3.73. The second-order valence-electron chi connectivity index (χ2n) is 6.29. The highest BCUT2D eigenvalue weighted by molar-refractivity contribution is 5.76. The third kappa shape index (κ3) is 5.07. The first-order chi connectivity index (χ1) is 7.93. The second-order valence-corrected chi connectivity index (χ2v) is 6.29. The Morgan fingerprint density at radius 2 is 2.18 bits per heavy atom. The smallest absolute Gasteiger partial charge is 0.220 e. The van der Waals surface area contributed by atoms with Gasteiger partial charge in [0.05, 0.1) is 0 Å². The molecular formula is C14H28N2O. The summed E-state index contributed by atoms with van der Waals surface area (Å²) in [5, 5.41) is 6.51. The van der Waals surface area contributed by atoms with Crippen molar-refractivity contribution in [3.05, 3.63) is 0 Å². The van der Waals surface area contributed by atoms with E-state index in [-0.39, 0.29) is 17.4 Å². The quantitative estimate of drug-likeness (QED) is 0.774. The molecule has 1 aliphatic heterocycles. The summed E-state index contributed by atoms with van der Waals surface area (Å²) in [6, 6.07) is 0.289. The van der Waals surface area contributed by atoms with Crippen molar-refractivity contribution in [1.82, 2.24) is 10.6 Å². The Morgan fingerprint density at radius 3 is 2.65 bits per heavy atom. The maximum atomic E-state index is 11.9. The Kier molecular flexibility index (Phi) is 5.44. The summed E-state index contributed by atoms with van der Waals surface area (Å²) in [6.45, 7) is 10.9. The summed E-state index contributed by atoms with van der Waals surface area (Å²) >= 11 is 0. The van der Waals surface area contributed by atoms with E-state index in [0.29, 0.717) is 12.3 Å². The highest BCUT2D eigenvalue weighted by atomic mass is 16.1. The van der Waals surface area contributed by atoms with Crippen LogP contribution in [0.2, 0.25) is 0 Å². The Labute approximate surface area is 106 Å². The molecule has 0 aromatic heterocycles. The summed E-state index contributed by atoms with van der Waals surface area (Å²) in [4.78, 5) is 11.9. The van der Waals surface area contributed by atoms with Crippen LogP contribution in [0.15, 0.2) is 0 Å². The maximum absolute atomic E-state index is 11.9. The standard InChI is InChI=1S/C14H28N2O/c1-5-12(14(2,3)4)16-13(17)7-6-11-8-9-15-10-11/h11-12,15H,5-10H2,1-4H3,(H,16,17). The van der Waals surface area contributed by atoms with Gasteiger partial charge in [-0.3, -0.25) is 4.79 Å². The van der Waals surface area contributed by atoms with Gasteiger partial charge in [0.25, 0.3) is 0 Å². The van der Waals surface area contributed by atoms with Crippen LogP contribution in [-0.2, 0) is 4.79 Å². The van der Waals surface area contributed by atoms with E-state index in [2.05, 4.69) is 38.3 Å². The number of amides is 1. The van der Waals surface area contributed by atoms with Gasteiger partial charge in [-0.25, -0.2) is 0 Å². The molecule has 2 atom stereocenters. The van der Waals surface area contributed by atoms with Gasteiger partial charge in [0, 0.05) is 12.5 Å². The number of rotatable bonds is 5. The summed E-state index contributed by atoms with van der Waals surface area (Å²) in [5.74, 6) is 0.925. The van der Waals surface area contributed by atoms with E-state index >= 15 is 0 Å². The summed E-state index contributed by atoms with van der Waals surface area (Å²) in [7, 11) is 0. The fourth-order valence-electron chi connectivity index (χ4n) is 2.49. The van der Waals surface area contributed by atoms with E-state index in [0.717, 1.165) is 25.9 Å². The maximum Gasteiger partial charge on any atom is 0.220 e. The highest BCUT2D eigenvalue weighted by Crippen LogP contribution is 2.22. The molecule has 100 valence electrons. The molecule has 0 aliphatic carbocycles. The number of carbonyl (C=O) groups excluding carboxylic acids is 1. The largest absolute Gasteiger partial charge is 0.353 e. The molecule has 2 N–H and O–H groups in total. The molecule has 0 radical (unpaired) electrons. The molecule has 17 heavy (non-hydrogen) atoms. The van der Waals surface area contributed by atoms with Crippen LogP contribution < -0.4 is 10.6 Å². The number of hydrogen-bond donors (Lipinski definition) is 2. The van der Waals surface area contributed by atoms with Crippen LogP contribution in [0.1, 0.15) is 53.4 Å². The topological polar surface area (TPSA) is 41.1 Å². The van der Waals surface area contributed by atoms with Gasteiger partial charge in [-0.1, -0.05) is 27.7 Å². The average molecular weight is 240 g/mol. The predicted molar refractivity (Wildman–Crippen MR) is 71.9 cm³/mol. The van der Waals surface area contributed by atoms with Crippen molar-refractivity contribution in [1.29, 1.82) is 0 Å². The molecule has 0 bridgehead atoms. The van der Waals surface area contributed by atoms with E-state index in [9.17, 15) is 4.79 Å². The fourth-order valence-corrected chi connectivity index (χ4v) is 2.49. The zero-order chi connectivity index (χ0) is 12.9. The van der Waals surface area contributed by atoms with Gasteiger partial charge in [-0.05, 0) is 43.7 Å². The minimum atomic E-state index is 0.152. The third-order valence-corrected chi connectivity index (χ3v) is 3.73. The highest BCUT2D eigenvalue weighted by Gasteiger charge is 2.24. The van der Waals surface area contributed by atoms with Crippen molar-refractivity contribution >= 4 is 5.91 Å². The molecule has 1 fully saturated rings. The Hall–Kier alpha value is -0.570. The number of carbonyl (C=O) groups is 1. The molecule has 0 spiro atoms. The second kappa shape index (κ2) is 6.39. The van der Waals surface area contributed by atoms with Crippen LogP contribution in [0.25, 0.3) is 0 Å². The van der Waals surface area contributed by atoms with Crippen molar-refractivity contribution in [2.45, 2.75) is 59.4 Å². The Balaban J connectivity index is 2.27. The molecule has 2 unspecified atom stereocenters. The van der Waals surface area contributed by atoms with Gasteiger partial charge in [-0.2, -0.15) is 0 Å². The van der Waals surface area contributed by atoms with E-state index in [1.807, 2.05) is 0 Å². The fraction of sp³-hybridized carbons (Fsp3) is 0.929. The molecule has 3 heteroatoms. The van der Waals surface area contributed by atoms with Gasteiger partial charge in [-0.15, -0.1) is 0 Å². The van der Waals surface area contributed by atoms with Gasteiger partial charge >= 0.3 is 0 Å². The molecule has 1 amide bonds. The molecule has 0 saturated carbocycles. The first-order valence-corrected chi connectivity index (χ1v) is 6.93. The van der Waals surface area contributed by atoms with Crippen LogP contribution in [0.4, 0.5) is 0 Å². The molecule has 0 aromatic carbocycles. The van der Waals surface area contributed by atoms with Gasteiger partial charge in [0.1, 0.15) is 0 Å². The number of nitrogens with one attached hydrogen (secondary N) is 2. The van der Waals surface area contributed by atoms with E-state index in [4.69, 9.17) is 0 Å². The average Bonchev–Trinajstić information content (AvgIpc) is 2.74. The molecule has 1 rings (SSSR count). The first kappa shape index (κ1) is 14.5. The molecule has 1 saturated heterocycles. The lowest BCUT2D eigenvalue weighted by atomic mass is 9.85. The van der Waals surface area contributed by atoms with Crippen LogP contribution in [-0.4, -0.2) is 25.0 Å². The van der Waals surface area contributed by atoms with Gasteiger partial charge < -0.3 is 10.6 Å². The van der Waals surface area contributed by atoms with Crippen molar-refractivity contribution in [2.24, 2.45) is 11.3 Å². The minimum Gasteiger partial charge on any atom is -0.353 e. The predicted octanol–water partition coefficient (Wildman–Crippen LogP) is 2.32. The van der Waals surface area contributed by atoms with Crippen LogP contribution in [0.3, 0.4) is 0 Å². The van der Waals surface area contributed by atoms with E-state index in [1.165, 1.54) is 6.42 Å². The van der Waals surface area contributed by atoms with Crippen LogP contribution in [0, 0.1) is 11.3 Å². The van der Waals surface area contributed by atoms with Gasteiger partial charge in [0.2, 0.25) is 5.91 Å². The SMILES string of the molecule is CCC(NC(=O)CCC1CCNC1)C(C)(C)C. The zero-order valence-electron chi connectivity index (χ0n) is 11.8. The molecule has 3 nitrogen and oxygen atoms in total. The van der Waals surface area contributed by atoms with Crippen molar-refractivity contribution in [2.75, 3.05) is 13.1 Å². The summed E-state index contributed by atoms with van der Waals surface area (Å²) in [5.41, 5.74) is 0.152. The summed E-state index contributed by atoms with van der Waals surface area (Å²) < 4.78 is 0. The lowest BCUT2D eigenvalue weighted by Crippen LogP contribution is -2.43. The molecule has 1 aliphatic rings. The molecule has 0 aromatic rings. The lowest BCUT2D eigenvalue weighted by molar-refractivity contribution is -0.122. The minimum absolute atomic E-state index is 0.152. The van der Waals surface area contributed by atoms with Gasteiger partial charge in [0.15, 0.2) is 0 Å². The van der Waals surface area contributed by atoms with Crippen molar-refractivity contribution in [3.63, 3.8) is 0 Å². The van der Waals surface area contributed by atoms with Crippen molar-refractivity contribution < 1.29 is 4.79 Å². The first-order valence-electron chi connectivity index (χ1n) is 6.93. The summed E-state index contributed by atoms with van der Waals surface area (Å²) in [6.07, 6.45) is 3.93. The Bertz CT molecular complexity index is 239. The van der Waals surface area contributed by atoms with Crippen LogP contribution in [0.5, 0.6) is 0 Å². The Morgan fingerprint density at radius 1 is 1.47 bits per heavy atom.